The van der Waals surface area contributed by atoms with Crippen molar-refractivity contribution in [1.29, 1.82) is 0 Å². The van der Waals surface area contributed by atoms with Crippen molar-refractivity contribution in [2.24, 2.45) is 0 Å². The molecule has 0 saturated carbocycles. The first-order valence-corrected chi connectivity index (χ1v) is 7.77. The smallest absolute Gasteiger partial charge is 0.183 e. The summed E-state index contributed by atoms with van der Waals surface area (Å²) in [7, 11) is 3.20. The Kier molecular flexibility index (Phi) is 4.46. The van der Waals surface area contributed by atoms with Crippen molar-refractivity contribution in [3.8, 4) is 22.6 Å². The molecule has 0 bridgehead atoms. The molecule has 2 aromatic heterocycles. The van der Waals surface area contributed by atoms with E-state index >= 15 is 0 Å². The molecular formula is C18H19N3O3. The van der Waals surface area contributed by atoms with Crippen molar-refractivity contribution in [2.45, 2.75) is 19.8 Å². The van der Waals surface area contributed by atoms with Crippen LogP contribution >= 0.6 is 0 Å². The summed E-state index contributed by atoms with van der Waals surface area (Å²) in [6.07, 6.45) is 4.90. The predicted octanol–water partition coefficient (Wildman–Crippen LogP) is 3.40. The van der Waals surface area contributed by atoms with Gasteiger partial charge >= 0.3 is 0 Å². The van der Waals surface area contributed by atoms with Crippen molar-refractivity contribution < 1.29 is 14.3 Å². The van der Waals surface area contributed by atoms with Gasteiger partial charge in [-0.1, -0.05) is 13.0 Å². The SMILES string of the molecule is CCCC(=O)c1cc2ncc(-c3ccc(OC)c(OC)c3)cn2n1. The Morgan fingerprint density at radius 1 is 1.12 bits per heavy atom. The Balaban J connectivity index is 2.00. The van der Waals surface area contributed by atoms with Gasteiger partial charge in [0, 0.05) is 30.4 Å². The molecular weight excluding hydrogens is 306 g/mol. The molecule has 6 nitrogen and oxygen atoms in total. The van der Waals surface area contributed by atoms with Crippen LogP contribution in [0.4, 0.5) is 0 Å². The lowest BCUT2D eigenvalue weighted by atomic mass is 10.1. The number of rotatable bonds is 6. The first-order chi connectivity index (χ1) is 11.7. The number of nitrogens with zero attached hydrogens (tertiary/aromatic N) is 3. The number of ketones is 1. The molecule has 0 saturated heterocycles. The van der Waals surface area contributed by atoms with E-state index in [9.17, 15) is 4.79 Å². The van der Waals surface area contributed by atoms with Crippen LogP contribution in [0.3, 0.4) is 0 Å². The number of Topliss-reactive ketones (excluding diaryl/α,β-unsaturated/α-hetero) is 1. The Morgan fingerprint density at radius 2 is 1.92 bits per heavy atom. The molecule has 124 valence electrons. The zero-order valence-electron chi connectivity index (χ0n) is 13.9. The largest absolute Gasteiger partial charge is 0.493 e. The highest BCUT2D eigenvalue weighted by Gasteiger charge is 2.12. The van der Waals surface area contributed by atoms with Crippen LogP contribution in [0.15, 0.2) is 36.7 Å². The highest BCUT2D eigenvalue weighted by molar-refractivity contribution is 5.95. The van der Waals surface area contributed by atoms with E-state index in [0.29, 0.717) is 29.3 Å². The quantitative estimate of drug-likeness (QED) is 0.650. The molecule has 1 aromatic carbocycles. The lowest BCUT2D eigenvalue weighted by Gasteiger charge is -2.09. The second-order valence-electron chi connectivity index (χ2n) is 5.42. The third kappa shape index (κ3) is 2.95. The van der Waals surface area contributed by atoms with Crippen molar-refractivity contribution >= 4 is 11.4 Å². The van der Waals surface area contributed by atoms with Gasteiger partial charge < -0.3 is 9.47 Å². The number of hydrogen-bond donors (Lipinski definition) is 0. The Morgan fingerprint density at radius 3 is 2.62 bits per heavy atom. The third-order valence-corrected chi connectivity index (χ3v) is 3.79. The van der Waals surface area contributed by atoms with Gasteiger partial charge in [0.05, 0.1) is 14.2 Å². The second-order valence-corrected chi connectivity index (χ2v) is 5.42. The van der Waals surface area contributed by atoms with Gasteiger partial charge in [0.25, 0.3) is 0 Å². The number of carbonyl (C=O) groups is 1. The van der Waals surface area contributed by atoms with Crippen molar-refractivity contribution in [3.63, 3.8) is 0 Å². The number of benzene rings is 1. The Hall–Kier alpha value is -2.89. The van der Waals surface area contributed by atoms with E-state index in [1.165, 1.54) is 0 Å². The molecule has 24 heavy (non-hydrogen) atoms. The third-order valence-electron chi connectivity index (χ3n) is 3.79. The van der Waals surface area contributed by atoms with Crippen LogP contribution in [0.25, 0.3) is 16.8 Å². The fraction of sp³-hybridized carbons (Fsp3) is 0.278. The second kappa shape index (κ2) is 6.70. The summed E-state index contributed by atoms with van der Waals surface area (Å²) in [6.45, 7) is 1.97. The Labute approximate surface area is 140 Å². The number of aromatic nitrogens is 3. The molecule has 0 aliphatic carbocycles. The monoisotopic (exact) mass is 325 g/mol. The number of fused-ring (bicyclic) bond motifs is 1. The number of methoxy groups -OCH3 is 2. The summed E-state index contributed by atoms with van der Waals surface area (Å²) >= 11 is 0. The highest BCUT2D eigenvalue weighted by Crippen LogP contribution is 2.32. The lowest BCUT2D eigenvalue weighted by molar-refractivity contribution is 0.0976. The number of carbonyl (C=O) groups excluding carboxylic acids is 1. The van der Waals surface area contributed by atoms with Gasteiger partial charge in [0.1, 0.15) is 5.69 Å². The average Bonchev–Trinajstić information content (AvgIpc) is 3.04. The van der Waals surface area contributed by atoms with Gasteiger partial charge in [-0.2, -0.15) is 5.10 Å². The fourth-order valence-corrected chi connectivity index (χ4v) is 2.53. The minimum absolute atomic E-state index is 0.0377. The minimum Gasteiger partial charge on any atom is -0.493 e. The maximum absolute atomic E-state index is 12.0. The zero-order chi connectivity index (χ0) is 17.1. The number of hydrogen-bond acceptors (Lipinski definition) is 5. The average molecular weight is 325 g/mol. The van der Waals surface area contributed by atoms with Crippen LogP contribution in [0, 0.1) is 0 Å². The lowest BCUT2D eigenvalue weighted by Crippen LogP contribution is -1.99. The summed E-state index contributed by atoms with van der Waals surface area (Å²) < 4.78 is 12.2. The van der Waals surface area contributed by atoms with E-state index in [2.05, 4.69) is 10.1 Å². The summed E-state index contributed by atoms with van der Waals surface area (Å²) in [5, 5.41) is 4.34. The van der Waals surface area contributed by atoms with E-state index in [-0.39, 0.29) is 5.78 Å². The summed E-state index contributed by atoms with van der Waals surface area (Å²) in [4.78, 5) is 16.4. The molecule has 0 aliphatic heterocycles. The maximum atomic E-state index is 12.0. The van der Waals surface area contributed by atoms with Gasteiger partial charge in [0.2, 0.25) is 0 Å². The van der Waals surface area contributed by atoms with E-state index in [1.807, 2.05) is 31.3 Å². The Bertz CT molecular complexity index is 886. The molecule has 0 fully saturated rings. The fourth-order valence-electron chi connectivity index (χ4n) is 2.53. The molecule has 0 radical (unpaired) electrons. The van der Waals surface area contributed by atoms with E-state index in [0.717, 1.165) is 17.5 Å². The van der Waals surface area contributed by atoms with Crippen LogP contribution in [-0.4, -0.2) is 34.6 Å². The van der Waals surface area contributed by atoms with Crippen LogP contribution in [0.1, 0.15) is 30.3 Å². The van der Waals surface area contributed by atoms with Crippen LogP contribution in [-0.2, 0) is 0 Å². The molecule has 0 atom stereocenters. The van der Waals surface area contributed by atoms with Crippen molar-refractivity contribution in [2.75, 3.05) is 14.2 Å². The standard InChI is InChI=1S/C18H19N3O3/c1-4-5-15(22)14-9-18-19-10-13(11-21(18)20-14)12-6-7-16(23-2)17(8-12)24-3/h6-11H,4-5H2,1-3H3. The summed E-state index contributed by atoms with van der Waals surface area (Å²) in [6, 6.07) is 7.37. The molecule has 3 rings (SSSR count). The van der Waals surface area contributed by atoms with Gasteiger partial charge in [-0.15, -0.1) is 0 Å². The van der Waals surface area contributed by atoms with E-state index in [1.54, 1.807) is 31.0 Å². The minimum atomic E-state index is 0.0377. The number of ether oxygens (including phenoxy) is 2. The van der Waals surface area contributed by atoms with Crippen LogP contribution in [0.2, 0.25) is 0 Å². The molecule has 0 spiro atoms. The molecule has 0 aliphatic rings. The van der Waals surface area contributed by atoms with Gasteiger partial charge in [-0.25, -0.2) is 9.50 Å². The summed E-state index contributed by atoms with van der Waals surface area (Å²) in [5.41, 5.74) is 2.91. The van der Waals surface area contributed by atoms with Crippen LogP contribution in [0.5, 0.6) is 11.5 Å². The molecule has 0 amide bonds. The zero-order valence-corrected chi connectivity index (χ0v) is 13.9. The van der Waals surface area contributed by atoms with Crippen LogP contribution < -0.4 is 9.47 Å². The molecule has 0 unspecified atom stereocenters. The van der Waals surface area contributed by atoms with Gasteiger partial charge in [-0.05, 0) is 24.1 Å². The van der Waals surface area contributed by atoms with Gasteiger partial charge in [-0.3, -0.25) is 4.79 Å². The molecule has 0 N–H and O–H groups in total. The highest BCUT2D eigenvalue weighted by atomic mass is 16.5. The van der Waals surface area contributed by atoms with E-state index in [4.69, 9.17) is 9.47 Å². The van der Waals surface area contributed by atoms with Gasteiger partial charge in [0.15, 0.2) is 22.9 Å². The first-order valence-electron chi connectivity index (χ1n) is 7.77. The molecule has 6 heteroatoms. The topological polar surface area (TPSA) is 65.7 Å². The normalized spacial score (nSPS) is 10.8. The van der Waals surface area contributed by atoms with Crippen molar-refractivity contribution in [1.82, 2.24) is 14.6 Å². The molecule has 2 heterocycles. The first kappa shape index (κ1) is 16.0. The molecule has 3 aromatic rings. The maximum Gasteiger partial charge on any atom is 0.183 e. The summed E-state index contributed by atoms with van der Waals surface area (Å²) in [5.74, 6) is 1.35. The van der Waals surface area contributed by atoms with Crippen molar-refractivity contribution in [3.05, 3.63) is 42.4 Å². The predicted molar refractivity (Wildman–Crippen MR) is 90.8 cm³/mol. The van der Waals surface area contributed by atoms with E-state index < -0.39 is 0 Å².